The maximum Gasteiger partial charge on any atom is 0.244 e. The van der Waals surface area contributed by atoms with Crippen molar-refractivity contribution in [2.75, 3.05) is 24.5 Å². The van der Waals surface area contributed by atoms with Crippen LogP contribution in [0.15, 0.2) is 18.2 Å². The van der Waals surface area contributed by atoms with Gasteiger partial charge in [-0.3, -0.25) is 4.79 Å². The summed E-state index contributed by atoms with van der Waals surface area (Å²) in [4.78, 5) is 14.1. The van der Waals surface area contributed by atoms with E-state index in [9.17, 15) is 4.79 Å². The summed E-state index contributed by atoms with van der Waals surface area (Å²) < 4.78 is 0. The van der Waals surface area contributed by atoms with Crippen LogP contribution in [0.4, 0.5) is 5.69 Å². The zero-order chi connectivity index (χ0) is 13.1. The molecule has 0 aliphatic carbocycles. The zero-order valence-corrected chi connectivity index (χ0v) is 11.1. The van der Waals surface area contributed by atoms with Gasteiger partial charge in [0, 0.05) is 25.3 Å². The van der Waals surface area contributed by atoms with Crippen LogP contribution >= 0.6 is 0 Å². The van der Waals surface area contributed by atoms with Crippen LogP contribution in [0.5, 0.6) is 0 Å². The quantitative estimate of drug-likeness (QED) is 0.818. The average molecular weight is 247 g/mol. The Kier molecular flexibility index (Phi) is 3.87. The summed E-state index contributed by atoms with van der Waals surface area (Å²) in [6.45, 7) is 6.09. The molecule has 1 aromatic carbocycles. The van der Waals surface area contributed by atoms with Crippen LogP contribution in [-0.2, 0) is 4.79 Å². The fourth-order valence-electron chi connectivity index (χ4n) is 2.43. The van der Waals surface area contributed by atoms with Crippen LogP contribution < -0.4 is 16.0 Å². The van der Waals surface area contributed by atoms with Gasteiger partial charge in [0.05, 0.1) is 0 Å². The lowest BCUT2D eigenvalue weighted by atomic mass is 10.1. The Morgan fingerprint density at radius 2 is 2.22 bits per heavy atom. The topological polar surface area (TPSA) is 58.4 Å². The van der Waals surface area contributed by atoms with Crippen LogP contribution in [0, 0.1) is 13.8 Å². The first-order valence-corrected chi connectivity index (χ1v) is 6.45. The minimum Gasteiger partial charge on any atom is -0.358 e. The van der Waals surface area contributed by atoms with Crippen LogP contribution in [-0.4, -0.2) is 31.6 Å². The van der Waals surface area contributed by atoms with E-state index in [1.165, 1.54) is 11.1 Å². The van der Waals surface area contributed by atoms with Gasteiger partial charge in [-0.15, -0.1) is 0 Å². The van der Waals surface area contributed by atoms with Crippen LogP contribution in [0.1, 0.15) is 17.5 Å². The number of hydrogen-bond acceptors (Lipinski definition) is 3. The number of nitrogens with zero attached hydrogens (tertiary/aromatic N) is 1. The summed E-state index contributed by atoms with van der Waals surface area (Å²) in [5.41, 5.74) is 9.30. The van der Waals surface area contributed by atoms with Crippen molar-refractivity contribution in [2.24, 2.45) is 5.73 Å². The lowest BCUT2D eigenvalue weighted by Crippen LogP contribution is -2.49. The summed E-state index contributed by atoms with van der Waals surface area (Å²) in [7, 11) is 0. The number of nitrogens with two attached hydrogens (primary N) is 1. The monoisotopic (exact) mass is 247 g/mol. The SMILES string of the molecule is Cc1ccc(C)c(N2CCCNC(=O)C2CN)c1. The predicted octanol–water partition coefficient (Wildman–Crippen LogP) is 0.957. The summed E-state index contributed by atoms with van der Waals surface area (Å²) >= 11 is 0. The number of benzene rings is 1. The van der Waals surface area contributed by atoms with Gasteiger partial charge in [0.1, 0.15) is 6.04 Å². The van der Waals surface area contributed by atoms with Gasteiger partial charge < -0.3 is 16.0 Å². The number of rotatable bonds is 2. The van der Waals surface area contributed by atoms with Crippen molar-refractivity contribution >= 4 is 11.6 Å². The minimum absolute atomic E-state index is 0.0379. The summed E-state index contributed by atoms with van der Waals surface area (Å²) in [6.07, 6.45) is 0.954. The van der Waals surface area contributed by atoms with Crippen molar-refractivity contribution in [2.45, 2.75) is 26.3 Å². The summed E-state index contributed by atoms with van der Waals surface area (Å²) in [6, 6.07) is 6.07. The Hall–Kier alpha value is -1.55. The third kappa shape index (κ3) is 2.48. The molecular weight excluding hydrogens is 226 g/mol. The number of carbonyl (C=O) groups is 1. The van der Waals surface area contributed by atoms with Crippen molar-refractivity contribution in [1.29, 1.82) is 0 Å². The van der Waals surface area contributed by atoms with Gasteiger partial charge >= 0.3 is 0 Å². The van der Waals surface area contributed by atoms with Crippen molar-refractivity contribution in [3.63, 3.8) is 0 Å². The molecule has 1 heterocycles. The molecule has 0 radical (unpaired) electrons. The summed E-state index contributed by atoms with van der Waals surface area (Å²) in [5.74, 6) is 0.0379. The van der Waals surface area contributed by atoms with E-state index in [1.54, 1.807) is 0 Å². The molecule has 4 nitrogen and oxygen atoms in total. The molecule has 0 aromatic heterocycles. The van der Waals surface area contributed by atoms with Gasteiger partial charge in [0.2, 0.25) is 5.91 Å². The fraction of sp³-hybridized carbons (Fsp3) is 0.500. The first kappa shape index (κ1) is 12.9. The third-order valence-electron chi connectivity index (χ3n) is 3.45. The number of amides is 1. The Balaban J connectivity index is 2.38. The lowest BCUT2D eigenvalue weighted by molar-refractivity contribution is -0.121. The van der Waals surface area contributed by atoms with Crippen molar-refractivity contribution in [3.8, 4) is 0 Å². The second-order valence-electron chi connectivity index (χ2n) is 4.88. The molecule has 4 heteroatoms. The number of aryl methyl sites for hydroxylation is 2. The van der Waals surface area contributed by atoms with Gasteiger partial charge in [0.15, 0.2) is 0 Å². The molecule has 1 saturated heterocycles. The van der Waals surface area contributed by atoms with Crippen LogP contribution in [0.3, 0.4) is 0 Å². The van der Waals surface area contributed by atoms with Crippen molar-refractivity contribution in [1.82, 2.24) is 5.32 Å². The molecule has 2 rings (SSSR count). The highest BCUT2D eigenvalue weighted by Gasteiger charge is 2.27. The van der Waals surface area contributed by atoms with E-state index in [0.29, 0.717) is 6.54 Å². The third-order valence-corrected chi connectivity index (χ3v) is 3.45. The number of hydrogen-bond donors (Lipinski definition) is 2. The maximum absolute atomic E-state index is 12.0. The first-order valence-electron chi connectivity index (χ1n) is 6.45. The molecular formula is C14H21N3O. The molecule has 18 heavy (non-hydrogen) atoms. The molecule has 0 spiro atoms. The molecule has 1 aliphatic rings. The molecule has 3 N–H and O–H groups in total. The van der Waals surface area contributed by atoms with Crippen molar-refractivity contribution in [3.05, 3.63) is 29.3 Å². The van der Waals surface area contributed by atoms with Gasteiger partial charge in [-0.25, -0.2) is 0 Å². The smallest absolute Gasteiger partial charge is 0.244 e. The molecule has 0 bridgehead atoms. The highest BCUT2D eigenvalue weighted by Crippen LogP contribution is 2.24. The molecule has 98 valence electrons. The van der Waals surface area contributed by atoms with E-state index in [-0.39, 0.29) is 11.9 Å². The highest BCUT2D eigenvalue weighted by molar-refractivity contribution is 5.86. The predicted molar refractivity (Wildman–Crippen MR) is 73.7 cm³/mol. The molecule has 1 fully saturated rings. The van der Waals surface area contributed by atoms with E-state index < -0.39 is 0 Å². The largest absolute Gasteiger partial charge is 0.358 e. The van der Waals surface area contributed by atoms with E-state index in [4.69, 9.17) is 5.73 Å². The summed E-state index contributed by atoms with van der Waals surface area (Å²) in [5, 5.41) is 2.92. The minimum atomic E-state index is -0.256. The molecule has 1 aromatic rings. The second kappa shape index (κ2) is 5.40. The molecule has 0 saturated carbocycles. The first-order chi connectivity index (χ1) is 8.63. The Labute approximate surface area is 108 Å². The van der Waals surface area contributed by atoms with Gasteiger partial charge in [-0.1, -0.05) is 12.1 Å². The fourth-order valence-corrected chi connectivity index (χ4v) is 2.43. The maximum atomic E-state index is 12.0. The molecule has 1 unspecified atom stereocenters. The highest BCUT2D eigenvalue weighted by atomic mass is 16.2. The molecule has 1 atom stereocenters. The Bertz CT molecular complexity index is 445. The van der Waals surface area contributed by atoms with Crippen LogP contribution in [0.2, 0.25) is 0 Å². The van der Waals surface area contributed by atoms with E-state index in [1.807, 2.05) is 0 Å². The van der Waals surface area contributed by atoms with Gasteiger partial charge in [-0.05, 0) is 37.5 Å². The Morgan fingerprint density at radius 3 is 2.94 bits per heavy atom. The van der Waals surface area contributed by atoms with Gasteiger partial charge in [0.25, 0.3) is 0 Å². The molecule has 1 amide bonds. The normalized spacial score (nSPS) is 20.5. The van der Waals surface area contributed by atoms with Gasteiger partial charge in [-0.2, -0.15) is 0 Å². The van der Waals surface area contributed by atoms with E-state index in [0.717, 1.165) is 25.2 Å². The molecule has 1 aliphatic heterocycles. The number of anilines is 1. The standard InChI is InChI=1S/C14H21N3O/c1-10-4-5-11(2)12(8-10)17-7-3-6-16-14(18)13(17)9-15/h4-5,8,13H,3,6-7,9,15H2,1-2H3,(H,16,18). The van der Waals surface area contributed by atoms with E-state index in [2.05, 4.69) is 42.3 Å². The number of nitrogens with one attached hydrogen (secondary N) is 1. The van der Waals surface area contributed by atoms with Crippen molar-refractivity contribution < 1.29 is 4.79 Å². The zero-order valence-electron chi connectivity index (χ0n) is 11.1. The van der Waals surface area contributed by atoms with E-state index >= 15 is 0 Å². The average Bonchev–Trinajstić information content (AvgIpc) is 2.53. The van der Waals surface area contributed by atoms with Crippen LogP contribution in [0.25, 0.3) is 0 Å². The lowest BCUT2D eigenvalue weighted by Gasteiger charge is -2.31. The number of carbonyl (C=O) groups excluding carboxylic acids is 1. The second-order valence-corrected chi connectivity index (χ2v) is 4.88. The Morgan fingerprint density at radius 1 is 1.44 bits per heavy atom.